The molecule has 4 nitrogen and oxygen atoms in total. The molecule has 0 radical (unpaired) electrons. The number of carbonyl (C=O) groups is 2. The number of urea groups is 1. The average Bonchev–Trinajstić information content (AvgIpc) is 2.28. The van der Waals surface area contributed by atoms with Gasteiger partial charge in [-0.15, -0.1) is 0 Å². The molecule has 1 aromatic rings. The molecule has 0 saturated carbocycles. The van der Waals surface area contributed by atoms with Crippen molar-refractivity contribution in [3.05, 3.63) is 28.8 Å². The Morgan fingerprint density at radius 3 is 2.82 bits per heavy atom. The number of imide groups is 1. The number of halogens is 1. The van der Waals surface area contributed by atoms with Crippen molar-refractivity contribution in [2.45, 2.75) is 13.8 Å². The maximum absolute atomic E-state index is 11.8. The highest BCUT2D eigenvalue weighted by Gasteiger charge is 2.30. The minimum atomic E-state index is -0.390. The van der Waals surface area contributed by atoms with Crippen molar-refractivity contribution >= 4 is 29.2 Å². The van der Waals surface area contributed by atoms with Gasteiger partial charge in [0.1, 0.15) is 0 Å². The summed E-state index contributed by atoms with van der Waals surface area (Å²) in [5, 5.41) is 2.94. The van der Waals surface area contributed by atoms with Crippen molar-refractivity contribution in [1.82, 2.24) is 5.32 Å². The van der Waals surface area contributed by atoms with E-state index in [4.69, 9.17) is 11.6 Å². The lowest BCUT2D eigenvalue weighted by Gasteiger charge is -2.31. The predicted octanol–water partition coefficient (Wildman–Crippen LogP) is 2.34. The number of benzene rings is 1. The maximum atomic E-state index is 11.8. The number of anilines is 1. The first-order chi connectivity index (χ1) is 8.00. The Morgan fingerprint density at radius 2 is 2.12 bits per heavy atom. The fourth-order valence-corrected chi connectivity index (χ4v) is 2.00. The maximum Gasteiger partial charge on any atom is 0.328 e. The lowest BCUT2D eigenvalue weighted by molar-refractivity contribution is -0.123. The fraction of sp³-hybridized carbons (Fsp3) is 0.333. The first-order valence-electron chi connectivity index (χ1n) is 5.38. The van der Waals surface area contributed by atoms with Gasteiger partial charge in [0.25, 0.3) is 0 Å². The van der Waals surface area contributed by atoms with E-state index in [1.165, 1.54) is 0 Å². The Labute approximate surface area is 105 Å². The zero-order valence-electron chi connectivity index (χ0n) is 9.66. The number of carbonyl (C=O) groups excluding carboxylic acids is 2. The highest BCUT2D eigenvalue weighted by Crippen LogP contribution is 2.28. The van der Waals surface area contributed by atoms with Gasteiger partial charge in [0.05, 0.1) is 5.92 Å². The zero-order chi connectivity index (χ0) is 12.6. The third-order valence-electron chi connectivity index (χ3n) is 2.91. The lowest BCUT2D eigenvalue weighted by atomic mass is 10.1. The molecule has 2 rings (SSSR count). The Balaban J connectivity index is 2.36. The van der Waals surface area contributed by atoms with Gasteiger partial charge in [0.15, 0.2) is 0 Å². The fourth-order valence-electron chi connectivity index (χ4n) is 1.83. The minimum absolute atomic E-state index is 0.217. The van der Waals surface area contributed by atoms with Crippen molar-refractivity contribution < 1.29 is 9.59 Å². The second-order valence-corrected chi connectivity index (χ2v) is 4.60. The molecule has 1 N–H and O–H groups in total. The van der Waals surface area contributed by atoms with Crippen LogP contribution in [0.1, 0.15) is 12.5 Å². The molecule has 1 atom stereocenters. The molecule has 1 heterocycles. The first kappa shape index (κ1) is 11.9. The summed E-state index contributed by atoms with van der Waals surface area (Å²) < 4.78 is 0. The van der Waals surface area contributed by atoms with Gasteiger partial charge in [-0.3, -0.25) is 15.0 Å². The van der Waals surface area contributed by atoms with Crippen LogP contribution in [0, 0.1) is 12.8 Å². The average molecular weight is 253 g/mol. The number of nitrogens with zero attached hydrogens (tertiary/aromatic N) is 1. The van der Waals surface area contributed by atoms with E-state index in [0.29, 0.717) is 11.6 Å². The van der Waals surface area contributed by atoms with E-state index >= 15 is 0 Å². The second kappa shape index (κ2) is 4.37. The van der Waals surface area contributed by atoms with Crippen molar-refractivity contribution in [2.24, 2.45) is 5.92 Å². The van der Waals surface area contributed by atoms with E-state index < -0.39 is 6.03 Å². The molecule has 3 amide bonds. The number of hydrogen-bond acceptors (Lipinski definition) is 2. The Morgan fingerprint density at radius 1 is 1.41 bits per heavy atom. The van der Waals surface area contributed by atoms with Crippen LogP contribution in [0.5, 0.6) is 0 Å². The smallest absolute Gasteiger partial charge is 0.293 e. The summed E-state index contributed by atoms with van der Waals surface area (Å²) >= 11 is 6.02. The van der Waals surface area contributed by atoms with Crippen LogP contribution in [0.2, 0.25) is 5.02 Å². The molecule has 17 heavy (non-hydrogen) atoms. The van der Waals surface area contributed by atoms with Crippen molar-refractivity contribution in [1.29, 1.82) is 0 Å². The summed E-state index contributed by atoms with van der Waals surface area (Å²) in [6.45, 7) is 4.02. The standard InChI is InChI=1S/C12H13ClN2O2/c1-7-6-15(12(17)14-11(7)16)10-5-3-4-9(13)8(10)2/h3-5,7H,6H2,1-2H3,(H,14,16,17). The van der Waals surface area contributed by atoms with Gasteiger partial charge in [0.2, 0.25) is 5.91 Å². The van der Waals surface area contributed by atoms with Gasteiger partial charge in [-0.2, -0.15) is 0 Å². The van der Waals surface area contributed by atoms with Gasteiger partial charge in [0, 0.05) is 17.3 Å². The predicted molar refractivity (Wildman–Crippen MR) is 66.2 cm³/mol. The molecule has 0 aromatic heterocycles. The van der Waals surface area contributed by atoms with Gasteiger partial charge in [-0.05, 0) is 24.6 Å². The van der Waals surface area contributed by atoms with Gasteiger partial charge in [-0.25, -0.2) is 4.79 Å². The molecule has 1 aliphatic rings. The molecule has 1 aliphatic heterocycles. The Hall–Kier alpha value is -1.55. The zero-order valence-corrected chi connectivity index (χ0v) is 10.4. The molecule has 90 valence electrons. The highest BCUT2D eigenvalue weighted by molar-refractivity contribution is 6.31. The molecule has 5 heteroatoms. The van der Waals surface area contributed by atoms with Crippen LogP contribution in [0.4, 0.5) is 10.5 Å². The van der Waals surface area contributed by atoms with Crippen LogP contribution in [0.15, 0.2) is 18.2 Å². The van der Waals surface area contributed by atoms with Crippen LogP contribution >= 0.6 is 11.6 Å². The van der Waals surface area contributed by atoms with Crippen LogP contribution in [-0.2, 0) is 4.79 Å². The summed E-state index contributed by atoms with van der Waals surface area (Å²) in [6.07, 6.45) is 0. The summed E-state index contributed by atoms with van der Waals surface area (Å²) in [5.41, 5.74) is 1.58. The minimum Gasteiger partial charge on any atom is -0.293 e. The molecular weight excluding hydrogens is 240 g/mol. The molecule has 1 aromatic carbocycles. The topological polar surface area (TPSA) is 49.4 Å². The third kappa shape index (κ3) is 2.13. The van der Waals surface area contributed by atoms with E-state index in [1.807, 2.05) is 13.0 Å². The van der Waals surface area contributed by atoms with E-state index in [9.17, 15) is 9.59 Å². The van der Waals surface area contributed by atoms with Crippen LogP contribution < -0.4 is 10.2 Å². The van der Waals surface area contributed by atoms with Crippen molar-refractivity contribution in [3.8, 4) is 0 Å². The number of rotatable bonds is 1. The molecule has 0 spiro atoms. The highest BCUT2D eigenvalue weighted by atomic mass is 35.5. The van der Waals surface area contributed by atoms with Gasteiger partial charge in [-0.1, -0.05) is 24.6 Å². The van der Waals surface area contributed by atoms with Crippen molar-refractivity contribution in [3.63, 3.8) is 0 Å². The molecule has 0 aliphatic carbocycles. The quantitative estimate of drug-likeness (QED) is 0.834. The third-order valence-corrected chi connectivity index (χ3v) is 3.32. The van der Waals surface area contributed by atoms with Gasteiger partial charge >= 0.3 is 6.03 Å². The molecule has 1 saturated heterocycles. The summed E-state index contributed by atoms with van der Waals surface area (Å²) in [5.74, 6) is -0.447. The Bertz CT molecular complexity index is 487. The van der Waals surface area contributed by atoms with Gasteiger partial charge < -0.3 is 0 Å². The van der Waals surface area contributed by atoms with Crippen LogP contribution in [0.3, 0.4) is 0 Å². The number of hydrogen-bond donors (Lipinski definition) is 1. The second-order valence-electron chi connectivity index (χ2n) is 4.19. The van der Waals surface area contributed by atoms with Crippen LogP contribution in [0.25, 0.3) is 0 Å². The first-order valence-corrected chi connectivity index (χ1v) is 5.76. The molecule has 1 unspecified atom stereocenters. The Kier molecular flexibility index (Phi) is 3.07. The molecule has 0 bridgehead atoms. The summed E-state index contributed by atoms with van der Waals surface area (Å²) in [6, 6.07) is 5.00. The van der Waals surface area contributed by atoms with E-state index in [0.717, 1.165) is 11.3 Å². The van der Waals surface area contributed by atoms with E-state index in [-0.39, 0.29) is 11.8 Å². The van der Waals surface area contributed by atoms with E-state index in [2.05, 4.69) is 5.32 Å². The van der Waals surface area contributed by atoms with Crippen molar-refractivity contribution in [2.75, 3.05) is 11.4 Å². The molecular formula is C12H13ClN2O2. The van der Waals surface area contributed by atoms with E-state index in [1.54, 1.807) is 24.0 Å². The number of amides is 3. The number of nitrogens with one attached hydrogen (secondary N) is 1. The normalized spacial score (nSPS) is 20.4. The SMILES string of the molecule is Cc1c(Cl)cccc1N1CC(C)C(=O)NC1=O. The lowest BCUT2D eigenvalue weighted by Crippen LogP contribution is -2.54. The summed E-state index contributed by atoms with van der Waals surface area (Å²) in [4.78, 5) is 24.7. The largest absolute Gasteiger partial charge is 0.328 e. The monoisotopic (exact) mass is 252 g/mol. The molecule has 1 fully saturated rings. The van der Waals surface area contributed by atoms with Crippen LogP contribution in [-0.4, -0.2) is 18.5 Å². The summed E-state index contributed by atoms with van der Waals surface area (Å²) in [7, 11) is 0.